The molecule has 0 heterocycles. The first-order valence-corrected chi connectivity index (χ1v) is 4.77. The largest absolute Gasteiger partial charge is 0.496 e. The van der Waals surface area contributed by atoms with E-state index in [1.165, 1.54) is 7.11 Å². The minimum atomic E-state index is -0.525. The van der Waals surface area contributed by atoms with Gasteiger partial charge in [-0.3, -0.25) is 0 Å². The summed E-state index contributed by atoms with van der Waals surface area (Å²) < 4.78 is 23.4. The third-order valence-corrected chi connectivity index (χ3v) is 2.73. The Morgan fingerprint density at radius 3 is 2.46 bits per heavy atom. The monoisotopic (exact) mass is 296 g/mol. The first-order valence-electron chi connectivity index (χ1n) is 3.70. The van der Waals surface area contributed by atoms with Crippen molar-refractivity contribution < 1.29 is 13.9 Å². The molecule has 0 N–H and O–H groups in total. The van der Waals surface area contributed by atoms with E-state index in [-0.39, 0.29) is 0 Å². The fourth-order valence-electron chi connectivity index (χ4n) is 1.06. The summed E-state index contributed by atoms with van der Waals surface area (Å²) in [6, 6.07) is 3.40. The molecule has 0 amide bonds. The number of rotatable bonds is 3. The maximum Gasteiger partial charge on any atom is 0.141 e. The Morgan fingerprint density at radius 2 is 2.00 bits per heavy atom. The van der Waals surface area contributed by atoms with E-state index in [4.69, 9.17) is 9.47 Å². The molecule has 0 unspecified atom stereocenters. The molecule has 0 saturated carbocycles. The van der Waals surface area contributed by atoms with Crippen LogP contribution in [-0.2, 0) is 6.67 Å². The number of alkyl halides is 1. The first kappa shape index (κ1) is 10.6. The molecule has 0 radical (unpaired) electrons. The molecule has 0 aliphatic rings. The van der Waals surface area contributed by atoms with E-state index >= 15 is 0 Å². The summed E-state index contributed by atoms with van der Waals surface area (Å²) in [5.41, 5.74) is 0.549. The number of ether oxygens (including phenoxy) is 2. The number of methoxy groups -OCH3 is 2. The van der Waals surface area contributed by atoms with Crippen LogP contribution in [0.2, 0.25) is 0 Å². The maximum atomic E-state index is 12.5. The lowest BCUT2D eigenvalue weighted by Crippen LogP contribution is -1.96. The fraction of sp³-hybridized carbons (Fsp3) is 0.333. The van der Waals surface area contributed by atoms with Gasteiger partial charge in [0.05, 0.1) is 17.8 Å². The molecule has 1 aromatic rings. The van der Waals surface area contributed by atoms with Crippen LogP contribution in [0.25, 0.3) is 0 Å². The predicted octanol–water partition coefficient (Wildman–Crippen LogP) is 2.78. The Morgan fingerprint density at radius 1 is 1.31 bits per heavy atom. The van der Waals surface area contributed by atoms with E-state index < -0.39 is 6.67 Å². The normalized spacial score (nSPS) is 9.85. The van der Waals surface area contributed by atoms with Crippen molar-refractivity contribution in [1.82, 2.24) is 0 Å². The standard InChI is InChI=1S/C9H10FIO2/c1-12-7-4-3-6(5-10)9(13-2)8(7)11/h3-4H,5H2,1-2H3. The molecule has 72 valence electrons. The van der Waals surface area contributed by atoms with E-state index in [1.807, 2.05) is 0 Å². The van der Waals surface area contributed by atoms with Gasteiger partial charge in [0.2, 0.25) is 0 Å². The second kappa shape index (κ2) is 4.64. The maximum absolute atomic E-state index is 12.5. The van der Waals surface area contributed by atoms with Crippen LogP contribution in [0.4, 0.5) is 4.39 Å². The molecule has 0 fully saturated rings. The number of hydrogen-bond acceptors (Lipinski definition) is 2. The quantitative estimate of drug-likeness (QED) is 0.799. The molecule has 13 heavy (non-hydrogen) atoms. The Bertz CT molecular complexity index is 302. The lowest BCUT2D eigenvalue weighted by molar-refractivity contribution is 0.376. The van der Waals surface area contributed by atoms with Gasteiger partial charge in [0, 0.05) is 5.56 Å². The van der Waals surface area contributed by atoms with Crippen LogP contribution >= 0.6 is 22.6 Å². The van der Waals surface area contributed by atoms with Gasteiger partial charge in [-0.25, -0.2) is 4.39 Å². The van der Waals surface area contributed by atoms with Crippen LogP contribution in [0.3, 0.4) is 0 Å². The zero-order valence-electron chi connectivity index (χ0n) is 7.43. The second-order valence-electron chi connectivity index (χ2n) is 2.41. The third kappa shape index (κ3) is 2.04. The van der Waals surface area contributed by atoms with Gasteiger partial charge in [0.25, 0.3) is 0 Å². The zero-order valence-corrected chi connectivity index (χ0v) is 9.59. The fourth-order valence-corrected chi connectivity index (χ4v) is 2.03. The molecule has 0 aromatic heterocycles. The van der Waals surface area contributed by atoms with E-state index in [2.05, 4.69) is 22.6 Å². The summed E-state index contributed by atoms with van der Waals surface area (Å²) >= 11 is 2.07. The third-order valence-electron chi connectivity index (χ3n) is 1.71. The van der Waals surface area contributed by atoms with Crippen molar-refractivity contribution in [2.75, 3.05) is 14.2 Å². The molecule has 1 aromatic carbocycles. The average molecular weight is 296 g/mol. The van der Waals surface area contributed by atoms with Gasteiger partial charge in [-0.15, -0.1) is 0 Å². The van der Waals surface area contributed by atoms with E-state index in [0.29, 0.717) is 17.1 Å². The predicted molar refractivity (Wildman–Crippen MR) is 57.1 cm³/mol. The lowest BCUT2D eigenvalue weighted by atomic mass is 10.2. The highest BCUT2D eigenvalue weighted by Gasteiger charge is 2.11. The van der Waals surface area contributed by atoms with Crippen molar-refractivity contribution in [3.05, 3.63) is 21.3 Å². The molecule has 0 atom stereocenters. The van der Waals surface area contributed by atoms with Crippen LogP contribution in [0.15, 0.2) is 12.1 Å². The number of benzene rings is 1. The lowest BCUT2D eigenvalue weighted by Gasteiger charge is -2.10. The molecule has 0 aliphatic carbocycles. The molecule has 4 heteroatoms. The SMILES string of the molecule is COc1ccc(CF)c(OC)c1I. The Kier molecular flexibility index (Phi) is 3.77. The van der Waals surface area contributed by atoms with Gasteiger partial charge in [0.1, 0.15) is 18.2 Å². The highest BCUT2D eigenvalue weighted by atomic mass is 127. The molecule has 0 spiro atoms. The second-order valence-corrected chi connectivity index (χ2v) is 3.49. The summed E-state index contributed by atoms with van der Waals surface area (Å²) in [6.45, 7) is -0.525. The van der Waals surface area contributed by atoms with E-state index in [9.17, 15) is 4.39 Å². The van der Waals surface area contributed by atoms with Crippen LogP contribution in [-0.4, -0.2) is 14.2 Å². The van der Waals surface area contributed by atoms with Crippen molar-refractivity contribution in [1.29, 1.82) is 0 Å². The molecular formula is C9H10FIO2. The minimum absolute atomic E-state index is 0.525. The molecule has 0 saturated heterocycles. The number of hydrogen-bond donors (Lipinski definition) is 0. The highest BCUT2D eigenvalue weighted by Crippen LogP contribution is 2.33. The summed E-state index contributed by atoms with van der Waals surface area (Å²) in [7, 11) is 3.10. The van der Waals surface area contributed by atoms with Crippen molar-refractivity contribution in [3.8, 4) is 11.5 Å². The Labute approximate surface area is 90.2 Å². The van der Waals surface area contributed by atoms with Crippen molar-refractivity contribution in [3.63, 3.8) is 0 Å². The molecule has 0 aliphatic heterocycles. The Balaban J connectivity index is 3.23. The van der Waals surface area contributed by atoms with Gasteiger partial charge < -0.3 is 9.47 Å². The molecule has 0 bridgehead atoms. The van der Waals surface area contributed by atoms with Gasteiger partial charge in [-0.1, -0.05) is 0 Å². The average Bonchev–Trinajstić information content (AvgIpc) is 2.17. The van der Waals surface area contributed by atoms with E-state index in [0.717, 1.165) is 3.57 Å². The van der Waals surface area contributed by atoms with Crippen molar-refractivity contribution in [2.24, 2.45) is 0 Å². The molecule has 2 nitrogen and oxygen atoms in total. The highest BCUT2D eigenvalue weighted by molar-refractivity contribution is 14.1. The summed E-state index contributed by atoms with van der Waals surface area (Å²) in [5.74, 6) is 1.26. The Hall–Kier alpha value is -0.520. The van der Waals surface area contributed by atoms with Gasteiger partial charge >= 0.3 is 0 Å². The van der Waals surface area contributed by atoms with Crippen molar-refractivity contribution >= 4 is 22.6 Å². The molecule has 1 rings (SSSR count). The van der Waals surface area contributed by atoms with Crippen molar-refractivity contribution in [2.45, 2.75) is 6.67 Å². The summed E-state index contributed by atoms with van der Waals surface area (Å²) in [4.78, 5) is 0. The first-order chi connectivity index (χ1) is 6.24. The summed E-state index contributed by atoms with van der Waals surface area (Å²) in [5, 5.41) is 0. The van der Waals surface area contributed by atoms with Gasteiger partial charge in [0.15, 0.2) is 0 Å². The zero-order chi connectivity index (χ0) is 9.84. The van der Waals surface area contributed by atoms with Gasteiger partial charge in [-0.2, -0.15) is 0 Å². The van der Waals surface area contributed by atoms with Crippen LogP contribution < -0.4 is 9.47 Å². The van der Waals surface area contributed by atoms with Crippen LogP contribution in [0, 0.1) is 3.57 Å². The van der Waals surface area contributed by atoms with Gasteiger partial charge in [-0.05, 0) is 34.7 Å². The van der Waals surface area contributed by atoms with E-state index in [1.54, 1.807) is 19.2 Å². The minimum Gasteiger partial charge on any atom is -0.496 e. The smallest absolute Gasteiger partial charge is 0.141 e. The topological polar surface area (TPSA) is 18.5 Å². The van der Waals surface area contributed by atoms with Crippen LogP contribution in [0.5, 0.6) is 11.5 Å². The summed E-state index contributed by atoms with van der Waals surface area (Å²) in [6.07, 6.45) is 0. The number of halogens is 2. The van der Waals surface area contributed by atoms with Crippen LogP contribution in [0.1, 0.15) is 5.56 Å². The molecular weight excluding hydrogens is 286 g/mol.